The Hall–Kier alpha value is -1.54. The summed E-state index contributed by atoms with van der Waals surface area (Å²) in [6.07, 6.45) is 0.444. The minimum absolute atomic E-state index is 0.222. The summed E-state index contributed by atoms with van der Waals surface area (Å²) in [5, 5.41) is 35.0. The van der Waals surface area contributed by atoms with E-state index in [1.54, 1.807) is 13.8 Å². The van der Waals surface area contributed by atoms with E-state index in [9.17, 15) is 9.59 Å². The SMILES string of the molecule is CCC(=O)O.CCC(=O)O.ON=C(Cl)C(Cl)=NO. The second-order valence-corrected chi connectivity index (χ2v) is 2.99. The second kappa shape index (κ2) is 15.5. The Kier molecular flexibility index (Phi) is 18.7. The van der Waals surface area contributed by atoms with Crippen LogP contribution in [0.5, 0.6) is 0 Å². The van der Waals surface area contributed by atoms with Crippen molar-refractivity contribution >= 4 is 45.5 Å². The monoisotopic (exact) mass is 304 g/mol. The second-order valence-electron chi connectivity index (χ2n) is 2.28. The molecule has 0 aromatic rings. The van der Waals surface area contributed by atoms with E-state index in [1.807, 2.05) is 0 Å². The molecule has 0 saturated carbocycles. The van der Waals surface area contributed by atoms with Gasteiger partial charge in [-0.1, -0.05) is 47.4 Å². The van der Waals surface area contributed by atoms with Crippen molar-refractivity contribution in [3.05, 3.63) is 0 Å². The number of carbonyl (C=O) groups is 2. The molecule has 0 aromatic heterocycles. The van der Waals surface area contributed by atoms with Gasteiger partial charge in [0.15, 0.2) is 0 Å². The van der Waals surface area contributed by atoms with Crippen LogP contribution in [0.2, 0.25) is 0 Å². The van der Waals surface area contributed by atoms with Crippen LogP contribution in [0.25, 0.3) is 0 Å². The summed E-state index contributed by atoms with van der Waals surface area (Å²) in [4.78, 5) is 18.7. The predicted octanol–water partition coefficient (Wildman–Crippen LogP) is 2.00. The molecule has 106 valence electrons. The van der Waals surface area contributed by atoms with E-state index < -0.39 is 22.3 Å². The van der Waals surface area contributed by atoms with Gasteiger partial charge in [-0.05, 0) is 0 Å². The molecule has 4 N–H and O–H groups in total. The summed E-state index contributed by atoms with van der Waals surface area (Å²) in [7, 11) is 0. The quantitative estimate of drug-likeness (QED) is 0.357. The third kappa shape index (κ3) is 23.9. The summed E-state index contributed by atoms with van der Waals surface area (Å²) >= 11 is 9.99. The minimum Gasteiger partial charge on any atom is -0.481 e. The molecule has 0 fully saturated rings. The molecule has 10 heteroatoms. The molecule has 0 saturated heterocycles. The van der Waals surface area contributed by atoms with Gasteiger partial charge >= 0.3 is 11.9 Å². The molecule has 0 aliphatic carbocycles. The maximum atomic E-state index is 9.37. The molecule has 18 heavy (non-hydrogen) atoms. The third-order valence-electron chi connectivity index (χ3n) is 0.951. The maximum Gasteiger partial charge on any atom is 0.303 e. The van der Waals surface area contributed by atoms with E-state index in [-0.39, 0.29) is 12.8 Å². The summed E-state index contributed by atoms with van der Waals surface area (Å²) in [6.45, 7) is 3.20. The molecule has 0 aromatic carbocycles. The number of hydrogen-bond acceptors (Lipinski definition) is 6. The first-order valence-corrected chi connectivity index (χ1v) is 5.21. The van der Waals surface area contributed by atoms with Gasteiger partial charge in [0.25, 0.3) is 0 Å². The molecular weight excluding hydrogens is 291 g/mol. The first kappa shape index (κ1) is 21.7. The lowest BCUT2D eigenvalue weighted by atomic mass is 10.5. The molecule has 0 rings (SSSR count). The Labute approximate surface area is 113 Å². The van der Waals surface area contributed by atoms with E-state index in [0.717, 1.165) is 0 Å². The Bertz CT molecular complexity index is 276. The van der Waals surface area contributed by atoms with Crippen molar-refractivity contribution in [2.75, 3.05) is 0 Å². The van der Waals surface area contributed by atoms with Gasteiger partial charge in [-0.2, -0.15) is 0 Å². The number of oxime groups is 2. The molecular formula is C8H14Cl2N2O6. The maximum absolute atomic E-state index is 9.37. The molecule has 0 radical (unpaired) electrons. The van der Waals surface area contributed by atoms with Gasteiger partial charge < -0.3 is 20.6 Å². The van der Waals surface area contributed by atoms with Crippen LogP contribution in [0, 0.1) is 0 Å². The van der Waals surface area contributed by atoms with Crippen LogP contribution >= 0.6 is 23.2 Å². The number of rotatable bonds is 3. The zero-order valence-electron chi connectivity index (χ0n) is 9.67. The highest BCUT2D eigenvalue weighted by atomic mass is 35.5. The first-order valence-electron chi connectivity index (χ1n) is 4.45. The number of nitrogens with zero attached hydrogens (tertiary/aromatic N) is 2. The van der Waals surface area contributed by atoms with Crippen molar-refractivity contribution in [3.63, 3.8) is 0 Å². The van der Waals surface area contributed by atoms with Crippen LogP contribution in [0.15, 0.2) is 10.3 Å². The molecule has 0 aliphatic rings. The molecule has 0 atom stereocenters. The van der Waals surface area contributed by atoms with Gasteiger partial charge in [0.05, 0.1) is 0 Å². The number of carboxylic acid groups (broad SMARTS) is 2. The summed E-state index contributed by atoms with van der Waals surface area (Å²) in [5.74, 6) is -1.49. The highest BCUT2D eigenvalue weighted by Gasteiger charge is 2.00. The number of carboxylic acids is 2. The standard InChI is InChI=1S/2C3H6O2.C2H2Cl2N2O2/c2*1-2-3(4)5;3-1(5-7)2(4)6-8/h2*2H2,1H3,(H,4,5);7-8H. The lowest BCUT2D eigenvalue weighted by Gasteiger charge is -1.83. The van der Waals surface area contributed by atoms with Crippen molar-refractivity contribution < 1.29 is 30.2 Å². The van der Waals surface area contributed by atoms with Crippen LogP contribution in [-0.4, -0.2) is 42.9 Å². The van der Waals surface area contributed by atoms with Gasteiger partial charge in [0.1, 0.15) is 0 Å². The van der Waals surface area contributed by atoms with Crippen molar-refractivity contribution in [1.82, 2.24) is 0 Å². The van der Waals surface area contributed by atoms with Crippen molar-refractivity contribution in [1.29, 1.82) is 0 Å². The van der Waals surface area contributed by atoms with E-state index in [4.69, 9.17) is 43.8 Å². The van der Waals surface area contributed by atoms with E-state index in [1.165, 1.54) is 0 Å². The van der Waals surface area contributed by atoms with Crippen LogP contribution in [0.3, 0.4) is 0 Å². The molecule has 0 aliphatic heterocycles. The zero-order chi connectivity index (χ0) is 15.1. The molecule has 0 heterocycles. The van der Waals surface area contributed by atoms with Crippen LogP contribution in [-0.2, 0) is 9.59 Å². The summed E-state index contributed by atoms with van der Waals surface area (Å²) in [5.41, 5.74) is 0. The van der Waals surface area contributed by atoms with Gasteiger partial charge in [0, 0.05) is 12.8 Å². The third-order valence-corrected chi connectivity index (χ3v) is 1.56. The normalized spacial score (nSPS) is 10.4. The highest BCUT2D eigenvalue weighted by Crippen LogP contribution is 1.93. The van der Waals surface area contributed by atoms with Crippen molar-refractivity contribution in [3.8, 4) is 0 Å². The Morgan fingerprint density at radius 2 is 1.06 bits per heavy atom. The Morgan fingerprint density at radius 1 is 0.889 bits per heavy atom. The van der Waals surface area contributed by atoms with Gasteiger partial charge in [-0.25, -0.2) is 0 Å². The predicted molar refractivity (Wildman–Crippen MR) is 66.0 cm³/mol. The van der Waals surface area contributed by atoms with E-state index >= 15 is 0 Å². The average Bonchev–Trinajstić information content (AvgIpc) is 2.37. The first-order chi connectivity index (χ1) is 8.26. The number of halogens is 2. The van der Waals surface area contributed by atoms with Crippen LogP contribution in [0.4, 0.5) is 0 Å². The van der Waals surface area contributed by atoms with Crippen molar-refractivity contribution in [2.24, 2.45) is 10.3 Å². The van der Waals surface area contributed by atoms with Gasteiger partial charge in [-0.15, -0.1) is 0 Å². The topological polar surface area (TPSA) is 140 Å². The minimum atomic E-state index is -0.745. The number of aliphatic carboxylic acids is 2. The average molecular weight is 305 g/mol. The van der Waals surface area contributed by atoms with Crippen LogP contribution in [0.1, 0.15) is 26.7 Å². The summed E-state index contributed by atoms with van der Waals surface area (Å²) in [6, 6.07) is 0. The molecule has 0 unspecified atom stereocenters. The zero-order valence-corrected chi connectivity index (χ0v) is 11.2. The Morgan fingerprint density at radius 3 is 1.11 bits per heavy atom. The Balaban J connectivity index is -0.000000197. The van der Waals surface area contributed by atoms with Crippen molar-refractivity contribution in [2.45, 2.75) is 26.7 Å². The summed E-state index contributed by atoms with van der Waals surface area (Å²) < 4.78 is 0. The fourth-order valence-electron chi connectivity index (χ4n) is 0.0825. The molecule has 0 amide bonds. The number of hydrogen-bond donors (Lipinski definition) is 4. The fraction of sp³-hybridized carbons (Fsp3) is 0.500. The molecule has 8 nitrogen and oxygen atoms in total. The lowest BCUT2D eigenvalue weighted by molar-refractivity contribution is -0.137. The smallest absolute Gasteiger partial charge is 0.303 e. The fourth-order valence-corrected chi connectivity index (χ4v) is 0.158. The van der Waals surface area contributed by atoms with E-state index in [0.29, 0.717) is 0 Å². The van der Waals surface area contributed by atoms with Crippen LogP contribution < -0.4 is 0 Å². The van der Waals surface area contributed by atoms with E-state index in [2.05, 4.69) is 10.3 Å². The lowest BCUT2D eigenvalue weighted by Crippen LogP contribution is -1.97. The van der Waals surface area contributed by atoms with Gasteiger partial charge in [0.2, 0.25) is 10.3 Å². The van der Waals surface area contributed by atoms with Gasteiger partial charge in [-0.3, -0.25) is 9.59 Å². The highest BCUT2D eigenvalue weighted by molar-refractivity contribution is 7.00. The molecule has 0 spiro atoms. The largest absolute Gasteiger partial charge is 0.481 e. The molecule has 0 bridgehead atoms.